The van der Waals surface area contributed by atoms with E-state index in [1.54, 1.807) is 6.19 Å². The molecule has 0 fully saturated rings. The van der Waals surface area contributed by atoms with Gasteiger partial charge in [-0.05, 0) is 23.8 Å². The van der Waals surface area contributed by atoms with Crippen molar-refractivity contribution in [3.63, 3.8) is 0 Å². The van der Waals surface area contributed by atoms with E-state index in [1.165, 1.54) is 0 Å². The molecule has 1 atom stereocenters. The van der Waals surface area contributed by atoms with Gasteiger partial charge < -0.3 is 0 Å². The fourth-order valence-corrected chi connectivity index (χ4v) is 2.15. The van der Waals surface area contributed by atoms with Crippen LogP contribution in [-0.4, -0.2) is 23.5 Å². The minimum Gasteiger partial charge on any atom is -0.268 e. The Morgan fingerprint density at radius 1 is 1.42 bits per heavy atom. The molecule has 0 saturated carbocycles. The third-order valence-electron chi connectivity index (χ3n) is 2.93. The van der Waals surface area contributed by atoms with E-state index in [1.807, 2.05) is 0 Å². The Hall–Kier alpha value is -2.10. The summed E-state index contributed by atoms with van der Waals surface area (Å²) in [5.74, 6) is -2.52. The summed E-state index contributed by atoms with van der Waals surface area (Å²) in [5, 5.41) is 8.76. The number of benzene rings is 1. The molecule has 7 heteroatoms. The van der Waals surface area contributed by atoms with Gasteiger partial charge in [-0.1, -0.05) is 0 Å². The van der Waals surface area contributed by atoms with Gasteiger partial charge in [-0.3, -0.25) is 4.79 Å². The van der Waals surface area contributed by atoms with Gasteiger partial charge in [0.25, 0.3) is 5.91 Å². The van der Waals surface area contributed by atoms with Gasteiger partial charge in [0, 0.05) is 18.0 Å². The molecule has 2 rings (SSSR count). The zero-order valence-electron chi connectivity index (χ0n) is 9.54. The predicted molar refractivity (Wildman–Crippen MR) is 56.5 cm³/mol. The van der Waals surface area contributed by atoms with Crippen LogP contribution in [0.3, 0.4) is 0 Å². The molecule has 1 aromatic carbocycles. The van der Waals surface area contributed by atoms with Crippen molar-refractivity contribution in [3.8, 4) is 6.19 Å². The molecule has 1 unspecified atom stereocenters. The molecule has 0 aromatic heterocycles. The number of halogens is 4. The highest BCUT2D eigenvalue weighted by Crippen LogP contribution is 2.36. The summed E-state index contributed by atoms with van der Waals surface area (Å²) in [6, 6.07) is 3.03. The van der Waals surface area contributed by atoms with Crippen molar-refractivity contribution in [1.82, 2.24) is 4.90 Å². The van der Waals surface area contributed by atoms with E-state index in [2.05, 4.69) is 0 Å². The normalized spacial score (nSPS) is 19.0. The van der Waals surface area contributed by atoms with Gasteiger partial charge in [-0.25, -0.2) is 9.29 Å². The Balaban J connectivity index is 2.46. The Labute approximate surface area is 106 Å². The van der Waals surface area contributed by atoms with Crippen LogP contribution < -0.4 is 0 Å². The average Bonchev–Trinajstić information content (AvgIpc) is 2.31. The lowest BCUT2D eigenvalue weighted by Gasteiger charge is -2.30. The van der Waals surface area contributed by atoms with Gasteiger partial charge in [-0.2, -0.15) is 18.4 Å². The van der Waals surface area contributed by atoms with E-state index in [4.69, 9.17) is 5.26 Å². The molecule has 19 heavy (non-hydrogen) atoms. The van der Waals surface area contributed by atoms with E-state index in [9.17, 15) is 22.4 Å². The third kappa shape index (κ3) is 2.67. The standard InChI is InChI=1S/C12H8F4N2O/c13-8-1-2-9-10(3-8)7(4-12(14,15)16)5-18(6-17)11(9)19/h1-3,7H,4-5H2. The highest BCUT2D eigenvalue weighted by atomic mass is 19.4. The van der Waals surface area contributed by atoms with Crippen molar-refractivity contribution >= 4 is 5.91 Å². The molecule has 0 bridgehead atoms. The van der Waals surface area contributed by atoms with E-state index < -0.39 is 30.2 Å². The highest BCUT2D eigenvalue weighted by molar-refractivity contribution is 5.98. The minimum atomic E-state index is -4.45. The number of nitrogens with zero attached hydrogens (tertiary/aromatic N) is 2. The zero-order valence-corrected chi connectivity index (χ0v) is 9.54. The molecule has 1 heterocycles. The Morgan fingerprint density at radius 3 is 2.68 bits per heavy atom. The quantitative estimate of drug-likeness (QED) is 0.583. The van der Waals surface area contributed by atoms with Crippen molar-refractivity contribution in [1.29, 1.82) is 5.26 Å². The van der Waals surface area contributed by atoms with E-state index >= 15 is 0 Å². The Morgan fingerprint density at radius 2 is 2.11 bits per heavy atom. The number of carbonyl (C=O) groups is 1. The predicted octanol–water partition coefficient (Wildman–Crippen LogP) is 2.80. The minimum absolute atomic E-state index is 0.00817. The first kappa shape index (κ1) is 13.3. The first-order chi connectivity index (χ1) is 8.81. The van der Waals surface area contributed by atoms with E-state index in [-0.39, 0.29) is 17.7 Å². The lowest BCUT2D eigenvalue weighted by molar-refractivity contribution is -0.139. The summed E-state index contributed by atoms with van der Waals surface area (Å²) >= 11 is 0. The summed E-state index contributed by atoms with van der Waals surface area (Å²) < 4.78 is 50.6. The maximum atomic E-state index is 13.1. The van der Waals surface area contributed by atoms with Crippen LogP contribution >= 0.6 is 0 Å². The second-order valence-corrected chi connectivity index (χ2v) is 4.26. The molecule has 0 aliphatic carbocycles. The molecule has 1 aliphatic heterocycles. The number of fused-ring (bicyclic) bond motifs is 1. The summed E-state index contributed by atoms with van der Waals surface area (Å²) in [6.45, 7) is -0.384. The zero-order chi connectivity index (χ0) is 14.2. The van der Waals surface area contributed by atoms with Gasteiger partial charge in [0.15, 0.2) is 6.19 Å². The molecular weight excluding hydrogens is 264 g/mol. The topological polar surface area (TPSA) is 44.1 Å². The van der Waals surface area contributed by atoms with Crippen LogP contribution in [0, 0.1) is 17.3 Å². The average molecular weight is 272 g/mol. The van der Waals surface area contributed by atoms with Crippen LogP contribution in [0.25, 0.3) is 0 Å². The van der Waals surface area contributed by atoms with Gasteiger partial charge in [0.2, 0.25) is 0 Å². The van der Waals surface area contributed by atoms with Crippen molar-refractivity contribution < 1.29 is 22.4 Å². The Kier molecular flexibility index (Phi) is 3.18. The van der Waals surface area contributed by atoms with Crippen LogP contribution in [0.1, 0.15) is 28.3 Å². The number of alkyl halides is 3. The largest absolute Gasteiger partial charge is 0.389 e. The highest BCUT2D eigenvalue weighted by Gasteiger charge is 2.39. The van der Waals surface area contributed by atoms with Crippen LogP contribution in [0.15, 0.2) is 18.2 Å². The van der Waals surface area contributed by atoms with Crippen molar-refractivity contribution in [3.05, 3.63) is 35.1 Å². The lowest BCUT2D eigenvalue weighted by Crippen LogP contribution is -2.38. The smallest absolute Gasteiger partial charge is 0.268 e. The molecule has 0 radical (unpaired) electrons. The number of carbonyl (C=O) groups excluding carboxylic acids is 1. The van der Waals surface area contributed by atoms with Gasteiger partial charge in [-0.15, -0.1) is 0 Å². The molecule has 3 nitrogen and oxygen atoms in total. The van der Waals surface area contributed by atoms with Gasteiger partial charge >= 0.3 is 6.18 Å². The monoisotopic (exact) mass is 272 g/mol. The molecular formula is C12H8F4N2O. The van der Waals surface area contributed by atoms with Gasteiger partial charge in [0.1, 0.15) is 5.82 Å². The van der Waals surface area contributed by atoms with Crippen LogP contribution in [0.2, 0.25) is 0 Å². The molecule has 0 spiro atoms. The maximum Gasteiger partial charge on any atom is 0.389 e. The van der Waals surface area contributed by atoms with E-state index in [0.717, 1.165) is 18.2 Å². The molecule has 0 N–H and O–H groups in total. The number of rotatable bonds is 1. The van der Waals surface area contributed by atoms with Crippen molar-refractivity contribution in [2.75, 3.05) is 6.54 Å². The van der Waals surface area contributed by atoms with Crippen molar-refractivity contribution in [2.45, 2.75) is 18.5 Å². The summed E-state index contributed by atoms with van der Waals surface area (Å²) in [5.41, 5.74) is -0.0442. The number of hydrogen-bond acceptors (Lipinski definition) is 2. The molecule has 1 aliphatic rings. The molecule has 0 saturated heterocycles. The lowest BCUT2D eigenvalue weighted by atomic mass is 9.87. The fraction of sp³-hybridized carbons (Fsp3) is 0.333. The second-order valence-electron chi connectivity index (χ2n) is 4.26. The first-order valence-corrected chi connectivity index (χ1v) is 5.39. The third-order valence-corrected chi connectivity index (χ3v) is 2.93. The Bertz CT molecular complexity index is 562. The van der Waals surface area contributed by atoms with Crippen LogP contribution in [0.5, 0.6) is 0 Å². The molecule has 1 aromatic rings. The molecule has 100 valence electrons. The number of amides is 1. The number of hydrogen-bond donors (Lipinski definition) is 0. The maximum absolute atomic E-state index is 13.1. The fourth-order valence-electron chi connectivity index (χ4n) is 2.15. The molecule has 1 amide bonds. The SMILES string of the molecule is N#CN1CC(CC(F)(F)F)c2cc(F)ccc2C1=O. The number of nitriles is 1. The van der Waals surface area contributed by atoms with Crippen LogP contribution in [-0.2, 0) is 0 Å². The second kappa shape index (κ2) is 4.53. The summed E-state index contributed by atoms with van der Waals surface area (Å²) in [6.07, 6.45) is -4.10. The van der Waals surface area contributed by atoms with Crippen molar-refractivity contribution in [2.24, 2.45) is 0 Å². The first-order valence-electron chi connectivity index (χ1n) is 5.39. The van der Waals surface area contributed by atoms with Crippen LogP contribution in [0.4, 0.5) is 17.6 Å². The summed E-state index contributed by atoms with van der Waals surface area (Å²) in [4.78, 5) is 12.4. The van der Waals surface area contributed by atoms with E-state index in [0.29, 0.717) is 4.90 Å². The van der Waals surface area contributed by atoms with Gasteiger partial charge in [0.05, 0.1) is 6.42 Å². The summed E-state index contributed by atoms with van der Waals surface area (Å²) in [7, 11) is 0.